The molecule has 0 atom stereocenters. The molecule has 0 aliphatic heterocycles. The second kappa shape index (κ2) is 5.10. The third-order valence-electron chi connectivity index (χ3n) is 2.54. The van der Waals surface area contributed by atoms with Gasteiger partial charge in [-0.25, -0.2) is 0 Å². The van der Waals surface area contributed by atoms with Gasteiger partial charge in [-0.15, -0.1) is 0 Å². The van der Waals surface area contributed by atoms with Crippen LogP contribution in [0.4, 0.5) is 0 Å². The summed E-state index contributed by atoms with van der Waals surface area (Å²) in [5.41, 5.74) is 2.05. The van der Waals surface area contributed by atoms with E-state index < -0.39 is 10.1 Å². The first-order valence-corrected chi connectivity index (χ1v) is 7.08. The lowest BCUT2D eigenvalue weighted by Gasteiger charge is -2.03. The third kappa shape index (κ3) is 3.32. The second-order valence-corrected chi connectivity index (χ2v) is 5.78. The maximum Gasteiger partial charge on any atom is 0.294 e. The lowest BCUT2D eigenvalue weighted by atomic mass is 10.1. The summed E-state index contributed by atoms with van der Waals surface area (Å²) < 4.78 is 30.6. The van der Waals surface area contributed by atoms with E-state index in [2.05, 4.69) is 0 Å². The molecule has 0 amide bonds. The minimum atomic E-state index is -4.12. The molecule has 0 aliphatic carbocycles. The van der Waals surface area contributed by atoms with E-state index in [0.29, 0.717) is 11.4 Å². The van der Waals surface area contributed by atoms with Crippen LogP contribution in [0.25, 0.3) is 0 Å². The van der Waals surface area contributed by atoms with Crippen molar-refractivity contribution >= 4 is 21.7 Å². The van der Waals surface area contributed by atoms with Crippen molar-refractivity contribution in [2.45, 2.75) is 11.3 Å². The van der Waals surface area contributed by atoms with Gasteiger partial charge in [0, 0.05) is 5.02 Å². The maximum absolute atomic E-state index is 10.9. The van der Waals surface area contributed by atoms with Crippen molar-refractivity contribution in [3.05, 3.63) is 64.7 Å². The van der Waals surface area contributed by atoms with Gasteiger partial charge < -0.3 is 0 Å². The van der Waals surface area contributed by atoms with Gasteiger partial charge in [-0.05, 0) is 41.8 Å². The Kier molecular flexibility index (Phi) is 3.71. The average Bonchev–Trinajstić information content (AvgIpc) is 2.32. The lowest BCUT2D eigenvalue weighted by Crippen LogP contribution is -1.98. The van der Waals surface area contributed by atoms with Gasteiger partial charge in [-0.1, -0.05) is 35.9 Å². The Morgan fingerprint density at radius 2 is 1.33 bits per heavy atom. The van der Waals surface area contributed by atoms with Gasteiger partial charge in [0.1, 0.15) is 0 Å². The highest BCUT2D eigenvalue weighted by atomic mass is 35.5. The Balaban J connectivity index is 2.18. The first kappa shape index (κ1) is 13.1. The van der Waals surface area contributed by atoms with E-state index in [4.69, 9.17) is 16.2 Å². The molecule has 0 heterocycles. The van der Waals surface area contributed by atoms with Crippen LogP contribution in [0.1, 0.15) is 11.1 Å². The van der Waals surface area contributed by atoms with E-state index in [1.165, 1.54) is 12.1 Å². The third-order valence-corrected chi connectivity index (χ3v) is 3.66. The quantitative estimate of drug-likeness (QED) is 0.880. The predicted octanol–water partition coefficient (Wildman–Crippen LogP) is 3.18. The highest BCUT2D eigenvalue weighted by Crippen LogP contribution is 2.15. The van der Waals surface area contributed by atoms with Crippen LogP contribution in [0, 0.1) is 0 Å². The monoisotopic (exact) mass is 282 g/mol. The first-order valence-electron chi connectivity index (χ1n) is 5.26. The van der Waals surface area contributed by atoms with Crippen LogP contribution < -0.4 is 0 Å². The van der Waals surface area contributed by atoms with Crippen molar-refractivity contribution in [1.29, 1.82) is 0 Å². The molecule has 0 unspecified atom stereocenters. The van der Waals surface area contributed by atoms with Gasteiger partial charge in [-0.2, -0.15) is 8.42 Å². The van der Waals surface area contributed by atoms with E-state index >= 15 is 0 Å². The molecule has 5 heteroatoms. The fourth-order valence-electron chi connectivity index (χ4n) is 1.62. The van der Waals surface area contributed by atoms with Crippen molar-refractivity contribution in [3.8, 4) is 0 Å². The zero-order chi connectivity index (χ0) is 13.2. The largest absolute Gasteiger partial charge is 0.294 e. The van der Waals surface area contributed by atoms with Gasteiger partial charge >= 0.3 is 0 Å². The molecule has 0 radical (unpaired) electrons. The van der Waals surface area contributed by atoms with Gasteiger partial charge in [0.05, 0.1) is 4.90 Å². The molecule has 1 N–H and O–H groups in total. The van der Waals surface area contributed by atoms with Crippen molar-refractivity contribution in [3.63, 3.8) is 0 Å². The minimum absolute atomic E-state index is 0.0950. The van der Waals surface area contributed by atoms with Crippen molar-refractivity contribution in [2.75, 3.05) is 0 Å². The molecule has 0 aromatic heterocycles. The van der Waals surface area contributed by atoms with Crippen LogP contribution in [0.3, 0.4) is 0 Å². The van der Waals surface area contributed by atoms with E-state index in [9.17, 15) is 8.42 Å². The van der Waals surface area contributed by atoms with Crippen molar-refractivity contribution < 1.29 is 13.0 Å². The Labute approximate surface area is 111 Å². The zero-order valence-electron chi connectivity index (χ0n) is 9.38. The molecule has 0 bridgehead atoms. The Bertz CT molecular complexity index is 631. The van der Waals surface area contributed by atoms with Crippen LogP contribution in [-0.2, 0) is 16.5 Å². The smallest absolute Gasteiger partial charge is 0.282 e. The summed E-state index contributed by atoms with van der Waals surface area (Å²) in [5, 5.41) is 0.681. The normalized spacial score (nSPS) is 11.4. The molecule has 0 fully saturated rings. The minimum Gasteiger partial charge on any atom is -0.282 e. The SMILES string of the molecule is O=S(=O)(O)c1ccc(Cc2ccc(Cl)cc2)cc1. The fraction of sp³-hybridized carbons (Fsp3) is 0.0769. The van der Waals surface area contributed by atoms with Gasteiger partial charge in [0.2, 0.25) is 0 Å². The van der Waals surface area contributed by atoms with E-state index in [-0.39, 0.29) is 4.90 Å². The highest BCUT2D eigenvalue weighted by molar-refractivity contribution is 7.85. The number of hydrogen-bond acceptors (Lipinski definition) is 2. The molecule has 2 rings (SSSR count). The van der Waals surface area contributed by atoms with Crippen LogP contribution in [-0.4, -0.2) is 13.0 Å². The zero-order valence-corrected chi connectivity index (χ0v) is 10.9. The molecule has 0 saturated heterocycles. The molecule has 3 nitrogen and oxygen atoms in total. The van der Waals surface area contributed by atoms with Gasteiger partial charge in [0.25, 0.3) is 10.1 Å². The van der Waals surface area contributed by atoms with Gasteiger partial charge in [-0.3, -0.25) is 4.55 Å². The summed E-state index contributed by atoms with van der Waals surface area (Å²) in [7, 11) is -4.12. The van der Waals surface area contributed by atoms with E-state index in [1.54, 1.807) is 12.1 Å². The highest BCUT2D eigenvalue weighted by Gasteiger charge is 2.08. The molecule has 0 spiro atoms. The summed E-state index contributed by atoms with van der Waals surface area (Å²) in [6.07, 6.45) is 0.683. The average molecular weight is 283 g/mol. The Morgan fingerprint density at radius 3 is 1.78 bits per heavy atom. The van der Waals surface area contributed by atoms with Gasteiger partial charge in [0.15, 0.2) is 0 Å². The topological polar surface area (TPSA) is 54.4 Å². The molecule has 18 heavy (non-hydrogen) atoms. The Morgan fingerprint density at radius 1 is 0.889 bits per heavy atom. The van der Waals surface area contributed by atoms with Crippen LogP contribution >= 0.6 is 11.6 Å². The van der Waals surface area contributed by atoms with Crippen LogP contribution in [0.2, 0.25) is 5.02 Å². The molecule has 2 aromatic rings. The summed E-state index contributed by atoms with van der Waals surface area (Å²) in [5.74, 6) is 0. The standard InChI is InChI=1S/C13H11ClO3S/c14-12-5-1-10(2-6-12)9-11-3-7-13(8-4-11)18(15,16)17/h1-8H,9H2,(H,15,16,17). The van der Waals surface area contributed by atoms with E-state index in [1.807, 2.05) is 24.3 Å². The number of rotatable bonds is 3. The second-order valence-electron chi connectivity index (χ2n) is 3.92. The molecular weight excluding hydrogens is 272 g/mol. The summed E-state index contributed by atoms with van der Waals surface area (Å²) in [6.45, 7) is 0. The summed E-state index contributed by atoms with van der Waals surface area (Å²) in [4.78, 5) is -0.0950. The van der Waals surface area contributed by atoms with Crippen LogP contribution in [0.5, 0.6) is 0 Å². The Hall–Kier alpha value is -1.36. The summed E-state index contributed by atoms with van der Waals surface area (Å²) >= 11 is 5.79. The van der Waals surface area contributed by atoms with E-state index in [0.717, 1.165) is 11.1 Å². The van der Waals surface area contributed by atoms with Crippen LogP contribution in [0.15, 0.2) is 53.4 Å². The summed E-state index contributed by atoms with van der Waals surface area (Å²) in [6, 6.07) is 13.6. The number of halogens is 1. The molecule has 0 saturated carbocycles. The van der Waals surface area contributed by atoms with Crippen molar-refractivity contribution in [2.24, 2.45) is 0 Å². The molecule has 94 valence electrons. The first-order chi connectivity index (χ1) is 8.45. The molecule has 0 aliphatic rings. The maximum atomic E-state index is 10.9. The number of benzene rings is 2. The number of hydrogen-bond donors (Lipinski definition) is 1. The molecular formula is C13H11ClO3S. The fourth-order valence-corrected chi connectivity index (χ4v) is 2.22. The predicted molar refractivity (Wildman–Crippen MR) is 70.5 cm³/mol. The van der Waals surface area contributed by atoms with Crippen molar-refractivity contribution in [1.82, 2.24) is 0 Å². The lowest BCUT2D eigenvalue weighted by molar-refractivity contribution is 0.483. The molecule has 2 aromatic carbocycles.